The first-order chi connectivity index (χ1) is 7.99. The molecular formula is C10H9FN2O4. The van der Waals surface area contributed by atoms with Crippen molar-refractivity contribution in [3.63, 3.8) is 0 Å². The third-order valence-electron chi connectivity index (χ3n) is 2.42. The van der Waals surface area contributed by atoms with Crippen molar-refractivity contribution in [2.75, 3.05) is 17.3 Å². The number of carbonyl (C=O) groups is 2. The van der Waals surface area contributed by atoms with Gasteiger partial charge in [-0.15, -0.1) is 0 Å². The fourth-order valence-corrected chi connectivity index (χ4v) is 1.49. The minimum atomic E-state index is -1.20. The van der Waals surface area contributed by atoms with Crippen LogP contribution >= 0.6 is 0 Å². The van der Waals surface area contributed by atoms with Crippen molar-refractivity contribution in [2.45, 2.75) is 6.61 Å². The Morgan fingerprint density at radius 1 is 1.59 bits per heavy atom. The standard InChI is InChI=1S/C10H9FN2O4/c1-13(10(15)16)6-2-5-4-17-9(14)12-8(5)7(11)3-6/h2-3H,4H2,1H3,(H,12,14)(H,15,16). The van der Waals surface area contributed by atoms with E-state index in [2.05, 4.69) is 10.1 Å². The van der Waals surface area contributed by atoms with E-state index in [1.165, 1.54) is 13.1 Å². The van der Waals surface area contributed by atoms with Crippen molar-refractivity contribution in [3.05, 3.63) is 23.5 Å². The van der Waals surface area contributed by atoms with Crippen LogP contribution in [0.3, 0.4) is 0 Å². The van der Waals surface area contributed by atoms with Gasteiger partial charge in [0, 0.05) is 12.6 Å². The van der Waals surface area contributed by atoms with E-state index >= 15 is 0 Å². The van der Waals surface area contributed by atoms with Crippen LogP contribution in [-0.2, 0) is 11.3 Å². The van der Waals surface area contributed by atoms with Gasteiger partial charge in [0.05, 0.1) is 11.4 Å². The van der Waals surface area contributed by atoms with Gasteiger partial charge in [0.2, 0.25) is 0 Å². The van der Waals surface area contributed by atoms with E-state index in [4.69, 9.17) is 5.11 Å². The van der Waals surface area contributed by atoms with E-state index in [1.54, 1.807) is 0 Å². The largest absolute Gasteiger partial charge is 0.465 e. The highest BCUT2D eigenvalue weighted by atomic mass is 19.1. The maximum Gasteiger partial charge on any atom is 0.412 e. The predicted molar refractivity (Wildman–Crippen MR) is 56.6 cm³/mol. The van der Waals surface area contributed by atoms with Crippen molar-refractivity contribution in [2.24, 2.45) is 0 Å². The number of ether oxygens (including phenoxy) is 1. The molecule has 0 unspecified atom stereocenters. The summed E-state index contributed by atoms with van der Waals surface area (Å²) >= 11 is 0. The van der Waals surface area contributed by atoms with E-state index in [0.29, 0.717) is 5.56 Å². The van der Waals surface area contributed by atoms with Crippen LogP contribution in [0.5, 0.6) is 0 Å². The van der Waals surface area contributed by atoms with Gasteiger partial charge in [-0.3, -0.25) is 10.2 Å². The monoisotopic (exact) mass is 240 g/mol. The third kappa shape index (κ3) is 1.99. The normalized spacial score (nSPS) is 13.4. The molecule has 0 atom stereocenters. The van der Waals surface area contributed by atoms with E-state index in [-0.39, 0.29) is 18.0 Å². The molecule has 1 heterocycles. The summed E-state index contributed by atoms with van der Waals surface area (Å²) in [6.45, 7) is -0.0839. The van der Waals surface area contributed by atoms with Crippen molar-refractivity contribution < 1.29 is 23.8 Å². The summed E-state index contributed by atoms with van der Waals surface area (Å²) in [6.07, 6.45) is -1.93. The van der Waals surface area contributed by atoms with Crippen LogP contribution in [0.4, 0.5) is 25.4 Å². The number of nitrogens with one attached hydrogen (secondary N) is 1. The highest BCUT2D eigenvalue weighted by Crippen LogP contribution is 2.29. The van der Waals surface area contributed by atoms with Gasteiger partial charge in [0.25, 0.3) is 0 Å². The summed E-state index contributed by atoms with van der Waals surface area (Å²) in [5.74, 6) is -0.692. The lowest BCUT2D eigenvalue weighted by molar-refractivity contribution is 0.151. The second-order valence-corrected chi connectivity index (χ2v) is 3.50. The lowest BCUT2D eigenvalue weighted by atomic mass is 10.1. The van der Waals surface area contributed by atoms with Gasteiger partial charge < -0.3 is 9.84 Å². The van der Waals surface area contributed by atoms with Crippen molar-refractivity contribution >= 4 is 23.6 Å². The molecule has 17 heavy (non-hydrogen) atoms. The van der Waals surface area contributed by atoms with Gasteiger partial charge in [0.1, 0.15) is 12.4 Å². The fraction of sp³-hybridized carbons (Fsp3) is 0.200. The van der Waals surface area contributed by atoms with Crippen LogP contribution in [0, 0.1) is 5.82 Å². The average Bonchev–Trinajstić information content (AvgIpc) is 2.28. The first-order valence-corrected chi connectivity index (χ1v) is 4.72. The smallest absolute Gasteiger partial charge is 0.412 e. The Balaban J connectivity index is 2.44. The molecule has 90 valence electrons. The molecule has 2 rings (SSSR count). The summed E-state index contributed by atoms with van der Waals surface area (Å²) in [5.41, 5.74) is 0.602. The van der Waals surface area contributed by atoms with E-state index in [9.17, 15) is 14.0 Å². The Labute approximate surface area is 95.6 Å². The fourth-order valence-electron chi connectivity index (χ4n) is 1.49. The highest BCUT2D eigenvalue weighted by molar-refractivity contribution is 5.90. The zero-order chi connectivity index (χ0) is 12.6. The molecule has 2 N–H and O–H groups in total. The summed E-state index contributed by atoms with van der Waals surface area (Å²) in [6, 6.07) is 2.49. The number of rotatable bonds is 1. The number of amides is 2. The summed E-state index contributed by atoms with van der Waals surface area (Å²) < 4.78 is 18.3. The van der Waals surface area contributed by atoms with Gasteiger partial charge in [-0.2, -0.15) is 0 Å². The summed E-state index contributed by atoms with van der Waals surface area (Å²) in [4.78, 5) is 22.5. The SMILES string of the molecule is CN(C(=O)O)c1cc(F)c2c(c1)COC(=O)N2. The maximum absolute atomic E-state index is 13.6. The van der Waals surface area contributed by atoms with Crippen LogP contribution in [-0.4, -0.2) is 24.3 Å². The van der Waals surface area contributed by atoms with E-state index < -0.39 is 18.0 Å². The molecule has 7 heteroatoms. The van der Waals surface area contributed by atoms with Crippen molar-refractivity contribution in [1.29, 1.82) is 0 Å². The lowest BCUT2D eigenvalue weighted by Gasteiger charge is -2.21. The zero-order valence-corrected chi connectivity index (χ0v) is 8.86. The third-order valence-corrected chi connectivity index (χ3v) is 2.42. The second-order valence-electron chi connectivity index (χ2n) is 3.50. The molecule has 0 bridgehead atoms. The highest BCUT2D eigenvalue weighted by Gasteiger charge is 2.22. The average molecular weight is 240 g/mol. The van der Waals surface area contributed by atoms with Crippen molar-refractivity contribution in [1.82, 2.24) is 0 Å². The van der Waals surface area contributed by atoms with E-state index in [0.717, 1.165) is 11.0 Å². The number of nitrogens with zero attached hydrogens (tertiary/aromatic N) is 1. The topological polar surface area (TPSA) is 78.9 Å². The Morgan fingerprint density at radius 2 is 2.29 bits per heavy atom. The number of hydrogen-bond donors (Lipinski definition) is 2. The molecule has 1 aliphatic rings. The first-order valence-electron chi connectivity index (χ1n) is 4.72. The quantitative estimate of drug-likeness (QED) is 0.786. The molecule has 0 aromatic heterocycles. The Hall–Kier alpha value is -2.31. The number of halogens is 1. The van der Waals surface area contributed by atoms with Gasteiger partial charge in [0.15, 0.2) is 0 Å². The number of fused-ring (bicyclic) bond motifs is 1. The molecule has 2 amide bonds. The first kappa shape index (κ1) is 11.2. The summed E-state index contributed by atoms with van der Waals surface area (Å²) in [5, 5.41) is 11.0. The molecule has 1 aliphatic heterocycles. The minimum Gasteiger partial charge on any atom is -0.465 e. The molecule has 0 fully saturated rings. The number of benzene rings is 1. The Kier molecular flexibility index (Phi) is 2.58. The molecule has 0 spiro atoms. The maximum atomic E-state index is 13.6. The minimum absolute atomic E-state index is 0.0313. The molecule has 6 nitrogen and oxygen atoms in total. The van der Waals surface area contributed by atoms with Gasteiger partial charge in [-0.1, -0.05) is 0 Å². The molecule has 1 aromatic carbocycles. The number of anilines is 2. The van der Waals surface area contributed by atoms with Gasteiger partial charge in [-0.25, -0.2) is 14.0 Å². The second kappa shape index (κ2) is 3.93. The molecular weight excluding hydrogens is 231 g/mol. The zero-order valence-electron chi connectivity index (χ0n) is 8.86. The number of carboxylic acid groups (broad SMARTS) is 1. The summed E-state index contributed by atoms with van der Waals surface area (Å²) in [7, 11) is 1.30. The number of hydrogen-bond acceptors (Lipinski definition) is 3. The lowest BCUT2D eigenvalue weighted by Crippen LogP contribution is -2.26. The molecule has 0 saturated heterocycles. The molecule has 0 aliphatic carbocycles. The van der Waals surface area contributed by atoms with Crippen LogP contribution in [0.25, 0.3) is 0 Å². The molecule has 0 saturated carbocycles. The number of cyclic esters (lactones) is 1. The van der Waals surface area contributed by atoms with Crippen LogP contribution in [0.15, 0.2) is 12.1 Å². The molecule has 1 aromatic rings. The van der Waals surface area contributed by atoms with E-state index in [1.807, 2.05) is 0 Å². The Bertz CT molecular complexity index is 503. The van der Waals surface area contributed by atoms with Crippen LogP contribution < -0.4 is 10.2 Å². The number of carbonyl (C=O) groups excluding carboxylic acids is 1. The van der Waals surface area contributed by atoms with Gasteiger partial charge >= 0.3 is 12.2 Å². The van der Waals surface area contributed by atoms with Crippen molar-refractivity contribution in [3.8, 4) is 0 Å². The predicted octanol–water partition coefficient (Wildman–Crippen LogP) is 2.00. The van der Waals surface area contributed by atoms with Gasteiger partial charge in [-0.05, 0) is 12.1 Å². The Morgan fingerprint density at radius 3 is 2.94 bits per heavy atom. The van der Waals surface area contributed by atoms with Crippen LogP contribution in [0.1, 0.15) is 5.56 Å². The molecule has 0 radical (unpaired) electrons. The van der Waals surface area contributed by atoms with Crippen LogP contribution in [0.2, 0.25) is 0 Å².